The molecule has 0 atom stereocenters. The topological polar surface area (TPSA) is 120 Å². The van der Waals surface area contributed by atoms with Crippen LogP contribution in [-0.2, 0) is 16.6 Å². The second kappa shape index (κ2) is 10.7. The van der Waals surface area contributed by atoms with Gasteiger partial charge in [0.15, 0.2) is 0 Å². The summed E-state index contributed by atoms with van der Waals surface area (Å²) in [5.41, 5.74) is 2.03. The molecule has 208 valence electrons. The fourth-order valence-corrected chi connectivity index (χ4v) is 5.69. The molecular formula is C28H27BF2N2O6S. The third-order valence-corrected chi connectivity index (χ3v) is 7.99. The molecule has 1 heterocycles. The highest BCUT2D eigenvalue weighted by atomic mass is 32.2. The first-order valence-corrected chi connectivity index (χ1v) is 14.6. The Hall–Kier alpha value is -3.74. The molecular weight excluding hydrogens is 541 g/mol. The van der Waals surface area contributed by atoms with Crippen molar-refractivity contribution in [3.8, 4) is 11.3 Å². The second-order valence-electron chi connectivity index (χ2n) is 9.85. The fourth-order valence-electron chi connectivity index (χ4n) is 4.79. The Morgan fingerprint density at radius 2 is 1.80 bits per heavy atom. The van der Waals surface area contributed by atoms with E-state index in [1.807, 2.05) is 0 Å². The Morgan fingerprint density at radius 3 is 2.38 bits per heavy atom. The van der Waals surface area contributed by atoms with Crippen LogP contribution in [0.2, 0.25) is 0 Å². The number of sulfonamides is 1. The minimum absolute atomic E-state index is 0.0542. The third kappa shape index (κ3) is 5.47. The van der Waals surface area contributed by atoms with E-state index < -0.39 is 28.8 Å². The molecule has 1 aromatic heterocycles. The van der Waals surface area contributed by atoms with Crippen molar-refractivity contribution in [2.24, 2.45) is 0 Å². The van der Waals surface area contributed by atoms with Gasteiger partial charge in [-0.05, 0) is 73.2 Å². The molecule has 1 amide bonds. The van der Waals surface area contributed by atoms with E-state index in [1.54, 1.807) is 19.1 Å². The molecule has 3 aromatic carbocycles. The van der Waals surface area contributed by atoms with Crippen molar-refractivity contribution >= 4 is 45.2 Å². The van der Waals surface area contributed by atoms with Crippen LogP contribution in [0.4, 0.5) is 14.5 Å². The molecule has 0 radical (unpaired) electrons. The maximum atomic E-state index is 14.5. The number of carbonyl (C=O) groups excluding carboxylic acids is 1. The predicted octanol–water partition coefficient (Wildman–Crippen LogP) is 3.65. The van der Waals surface area contributed by atoms with Gasteiger partial charge in [-0.2, -0.15) is 0 Å². The second-order valence-corrected chi connectivity index (χ2v) is 11.8. The molecule has 0 aliphatic heterocycles. The number of nitrogens with zero attached hydrogens (tertiary/aromatic N) is 1. The van der Waals surface area contributed by atoms with Gasteiger partial charge < -0.3 is 19.8 Å². The van der Waals surface area contributed by atoms with E-state index in [2.05, 4.69) is 5.32 Å². The van der Waals surface area contributed by atoms with Gasteiger partial charge in [0.1, 0.15) is 23.0 Å². The number of furan rings is 1. The highest BCUT2D eigenvalue weighted by molar-refractivity contribution is 7.92. The van der Waals surface area contributed by atoms with Gasteiger partial charge in [0, 0.05) is 29.0 Å². The minimum Gasteiger partial charge on any atom is -0.455 e. The average molecular weight is 568 g/mol. The molecule has 40 heavy (non-hydrogen) atoms. The standard InChI is InChI=1S/C28H27BF2N2O6S/c1-3-32-28(34)26-21-13-20(17-5-6-17)24(14-25(21)39-27(26)18-7-9-19(30)10-8-18)33(40(2,37)38)15-16-4-11-22(29(35)36)23(31)12-16/h4,7-14,17,35-36H,3,5-6,15H2,1-2H3,(H,32,34). The van der Waals surface area contributed by atoms with E-state index in [-0.39, 0.29) is 40.7 Å². The molecule has 0 spiro atoms. The Balaban J connectivity index is 1.69. The highest BCUT2D eigenvalue weighted by Crippen LogP contribution is 2.48. The Labute approximate surface area is 230 Å². The fraction of sp³-hybridized carbons (Fsp3) is 0.250. The number of carbonyl (C=O) groups is 1. The van der Waals surface area contributed by atoms with Crippen LogP contribution in [0.15, 0.2) is 59.0 Å². The lowest BCUT2D eigenvalue weighted by Gasteiger charge is -2.25. The lowest BCUT2D eigenvalue weighted by molar-refractivity contribution is 0.0957. The third-order valence-electron chi connectivity index (χ3n) is 6.86. The van der Waals surface area contributed by atoms with E-state index in [0.717, 1.165) is 29.5 Å². The molecule has 0 bridgehead atoms. The average Bonchev–Trinajstić information content (AvgIpc) is 3.66. The number of rotatable bonds is 9. The molecule has 4 aromatic rings. The highest BCUT2D eigenvalue weighted by Gasteiger charge is 2.33. The number of anilines is 1. The minimum atomic E-state index is -3.89. The Morgan fingerprint density at radius 1 is 1.10 bits per heavy atom. The van der Waals surface area contributed by atoms with Crippen LogP contribution in [0.1, 0.15) is 47.2 Å². The summed E-state index contributed by atoms with van der Waals surface area (Å²) >= 11 is 0. The van der Waals surface area contributed by atoms with Crippen LogP contribution in [0, 0.1) is 11.6 Å². The summed E-state index contributed by atoms with van der Waals surface area (Å²) in [4.78, 5) is 13.2. The lowest BCUT2D eigenvalue weighted by atomic mass is 9.79. The van der Waals surface area contributed by atoms with Gasteiger partial charge in [-0.25, -0.2) is 17.2 Å². The van der Waals surface area contributed by atoms with Crippen molar-refractivity contribution in [2.75, 3.05) is 17.1 Å². The van der Waals surface area contributed by atoms with Gasteiger partial charge in [-0.15, -0.1) is 0 Å². The van der Waals surface area contributed by atoms with E-state index in [0.29, 0.717) is 34.3 Å². The van der Waals surface area contributed by atoms with E-state index in [9.17, 15) is 32.0 Å². The molecule has 1 saturated carbocycles. The van der Waals surface area contributed by atoms with Crippen molar-refractivity contribution in [3.63, 3.8) is 0 Å². The number of halogens is 2. The monoisotopic (exact) mass is 568 g/mol. The van der Waals surface area contributed by atoms with Crippen LogP contribution in [0.25, 0.3) is 22.3 Å². The molecule has 8 nitrogen and oxygen atoms in total. The summed E-state index contributed by atoms with van der Waals surface area (Å²) in [7, 11) is -5.89. The van der Waals surface area contributed by atoms with Crippen molar-refractivity contribution in [1.29, 1.82) is 0 Å². The number of amides is 1. The van der Waals surface area contributed by atoms with E-state index >= 15 is 0 Å². The molecule has 1 aliphatic rings. The van der Waals surface area contributed by atoms with Crippen LogP contribution in [0.3, 0.4) is 0 Å². The van der Waals surface area contributed by atoms with Crippen LogP contribution in [-0.4, -0.2) is 44.3 Å². The van der Waals surface area contributed by atoms with Gasteiger partial charge in [0.2, 0.25) is 10.0 Å². The van der Waals surface area contributed by atoms with Crippen molar-refractivity contribution in [3.05, 3.63) is 82.9 Å². The molecule has 12 heteroatoms. The van der Waals surface area contributed by atoms with Gasteiger partial charge in [-0.1, -0.05) is 12.1 Å². The molecule has 1 fully saturated rings. The first-order chi connectivity index (χ1) is 19.0. The maximum Gasteiger partial charge on any atom is 0.491 e. The normalized spacial score (nSPS) is 13.4. The van der Waals surface area contributed by atoms with Crippen molar-refractivity contribution in [1.82, 2.24) is 5.32 Å². The summed E-state index contributed by atoms with van der Waals surface area (Å²) in [6, 6.07) is 12.6. The van der Waals surface area contributed by atoms with Gasteiger partial charge in [0.25, 0.3) is 5.91 Å². The number of hydrogen-bond donors (Lipinski definition) is 3. The van der Waals surface area contributed by atoms with Crippen LogP contribution >= 0.6 is 0 Å². The zero-order chi connectivity index (χ0) is 28.8. The molecule has 5 rings (SSSR count). The summed E-state index contributed by atoms with van der Waals surface area (Å²) in [6.07, 6.45) is 2.70. The van der Waals surface area contributed by atoms with Crippen LogP contribution in [0.5, 0.6) is 0 Å². The summed E-state index contributed by atoms with van der Waals surface area (Å²) in [5.74, 6) is -1.42. The van der Waals surface area contributed by atoms with Gasteiger partial charge in [-0.3, -0.25) is 9.10 Å². The largest absolute Gasteiger partial charge is 0.491 e. The number of hydrogen-bond acceptors (Lipinski definition) is 6. The Kier molecular flexibility index (Phi) is 7.43. The predicted molar refractivity (Wildman–Crippen MR) is 149 cm³/mol. The van der Waals surface area contributed by atoms with E-state index in [4.69, 9.17) is 4.42 Å². The number of nitrogens with one attached hydrogen (secondary N) is 1. The van der Waals surface area contributed by atoms with Crippen molar-refractivity contribution < 1.29 is 36.5 Å². The van der Waals surface area contributed by atoms with Gasteiger partial charge >= 0.3 is 7.12 Å². The van der Waals surface area contributed by atoms with Crippen LogP contribution < -0.4 is 15.1 Å². The van der Waals surface area contributed by atoms with Crippen molar-refractivity contribution in [2.45, 2.75) is 32.2 Å². The van der Waals surface area contributed by atoms with Gasteiger partial charge in [0.05, 0.1) is 24.1 Å². The zero-order valence-electron chi connectivity index (χ0n) is 21.8. The maximum absolute atomic E-state index is 14.5. The smallest absolute Gasteiger partial charge is 0.455 e. The first-order valence-electron chi connectivity index (χ1n) is 12.7. The summed E-state index contributed by atoms with van der Waals surface area (Å²) in [6.45, 7) is 1.93. The van der Waals surface area contributed by atoms with E-state index in [1.165, 1.54) is 36.4 Å². The zero-order valence-corrected chi connectivity index (χ0v) is 22.6. The Bertz CT molecular complexity index is 1700. The summed E-state index contributed by atoms with van der Waals surface area (Å²) in [5, 5.41) is 22.0. The molecule has 1 aliphatic carbocycles. The molecule has 0 saturated heterocycles. The first kappa shape index (κ1) is 27.8. The lowest BCUT2D eigenvalue weighted by Crippen LogP contribution is -2.34. The quantitative estimate of drug-likeness (QED) is 0.265. The molecule has 3 N–H and O–H groups in total. The SMILES string of the molecule is CCNC(=O)c1c(-c2ccc(F)cc2)oc2cc(N(Cc3ccc(B(O)O)c(F)c3)S(C)(=O)=O)c(C3CC3)cc12. The summed E-state index contributed by atoms with van der Waals surface area (Å²) < 4.78 is 61.5. The molecule has 0 unspecified atom stereocenters. The number of fused-ring (bicyclic) bond motifs is 1. The number of benzene rings is 3.